The van der Waals surface area contributed by atoms with Crippen LogP contribution in [-0.2, 0) is 14.3 Å². The minimum absolute atomic E-state index is 0.00150. The number of ether oxygens (including phenoxy) is 1. The topological polar surface area (TPSA) is 99.4 Å². The molecule has 0 saturated carbocycles. The number of carboxylic acid groups (broad SMARTS) is 2. The van der Waals surface area contributed by atoms with Gasteiger partial charge in [0, 0.05) is 24.9 Å². The zero-order valence-electron chi connectivity index (χ0n) is 12.4. The van der Waals surface area contributed by atoms with Gasteiger partial charge in [-0.05, 0) is 6.42 Å². The molecule has 7 nitrogen and oxygen atoms in total. The van der Waals surface area contributed by atoms with Gasteiger partial charge in [0.25, 0.3) is 0 Å². The molecule has 0 aromatic rings. The molecule has 1 aliphatic carbocycles. The summed E-state index contributed by atoms with van der Waals surface area (Å²) in [5, 5.41) is 18.3. The van der Waals surface area contributed by atoms with E-state index in [4.69, 9.17) is 9.84 Å². The van der Waals surface area contributed by atoms with E-state index in [9.17, 15) is 14.7 Å². The zero-order chi connectivity index (χ0) is 16.4. The highest BCUT2D eigenvalue weighted by Gasteiger charge is 2.40. The van der Waals surface area contributed by atoms with Gasteiger partial charge in [0.2, 0.25) is 0 Å². The van der Waals surface area contributed by atoms with E-state index >= 15 is 0 Å². The van der Waals surface area contributed by atoms with Gasteiger partial charge < -0.3 is 14.9 Å². The van der Waals surface area contributed by atoms with E-state index in [0.29, 0.717) is 19.5 Å². The van der Waals surface area contributed by atoms with Gasteiger partial charge >= 0.3 is 11.9 Å². The largest absolute Gasteiger partial charge is 0.478 e. The van der Waals surface area contributed by atoms with E-state index in [1.807, 2.05) is 30.5 Å². The average molecular weight is 318 g/mol. The van der Waals surface area contributed by atoms with Crippen molar-refractivity contribution in [3.05, 3.63) is 36.0 Å². The number of hydrogen-bond donors (Lipinski definition) is 2. The predicted octanol–water partition coefficient (Wildman–Crippen LogP) is 0.489. The Morgan fingerprint density at radius 1 is 1.26 bits per heavy atom. The lowest BCUT2D eigenvalue weighted by molar-refractivity contribution is -0.136. The van der Waals surface area contributed by atoms with E-state index in [1.165, 1.54) is 0 Å². The molecule has 1 saturated heterocycles. The highest BCUT2D eigenvalue weighted by molar-refractivity contribution is 5.95. The summed E-state index contributed by atoms with van der Waals surface area (Å²) in [6.45, 7) is 1.23. The van der Waals surface area contributed by atoms with Crippen LogP contribution < -0.4 is 0 Å². The van der Waals surface area contributed by atoms with Crippen LogP contribution in [0.25, 0.3) is 0 Å². The van der Waals surface area contributed by atoms with Crippen molar-refractivity contribution in [1.82, 2.24) is 4.90 Å². The lowest BCUT2D eigenvalue weighted by Gasteiger charge is -2.37. The second kappa shape index (κ2) is 6.47. The number of aliphatic carboxylic acids is 2. The normalized spacial score (nSPS) is 33.7. The summed E-state index contributed by atoms with van der Waals surface area (Å²) in [6.07, 6.45) is 9.60. The maximum Gasteiger partial charge on any atom is 0.334 e. The number of hydrogen-bond acceptors (Lipinski definition) is 5. The Morgan fingerprint density at radius 3 is 2.78 bits per heavy atom. The molecule has 3 aliphatic rings. The quantitative estimate of drug-likeness (QED) is 0.735. The standard InChI is InChI=1S/C16H18N2O5/c19-15(20)8-11(16(21)22)14-7-10-9-17-5-6-18(10)12-3-1-2-4-13(12)23-14/h1-5,8,10,12-14H,6-7,9H2,(H,19,20)(H,21,22)/b11-8-. The molecule has 0 bridgehead atoms. The Morgan fingerprint density at radius 2 is 2.04 bits per heavy atom. The number of aliphatic imine (C=N–C) groups is 1. The first-order chi connectivity index (χ1) is 11.1. The van der Waals surface area contributed by atoms with Crippen molar-refractivity contribution in [2.45, 2.75) is 30.7 Å². The highest BCUT2D eigenvalue weighted by atomic mass is 16.5. The number of fused-ring (bicyclic) bond motifs is 3. The van der Waals surface area contributed by atoms with E-state index < -0.39 is 18.0 Å². The molecule has 2 N–H and O–H groups in total. The van der Waals surface area contributed by atoms with E-state index in [2.05, 4.69) is 9.89 Å². The summed E-state index contributed by atoms with van der Waals surface area (Å²) in [4.78, 5) is 29.0. The second-order valence-electron chi connectivity index (χ2n) is 5.73. The highest BCUT2D eigenvalue weighted by Crippen LogP contribution is 2.30. The van der Waals surface area contributed by atoms with Crippen LogP contribution in [0.1, 0.15) is 6.42 Å². The Labute approximate surface area is 133 Å². The van der Waals surface area contributed by atoms with Crippen LogP contribution in [0.3, 0.4) is 0 Å². The van der Waals surface area contributed by atoms with Gasteiger partial charge in [0.1, 0.15) is 0 Å². The molecule has 2 aliphatic heterocycles. The smallest absolute Gasteiger partial charge is 0.334 e. The van der Waals surface area contributed by atoms with E-state index in [0.717, 1.165) is 6.08 Å². The third kappa shape index (κ3) is 3.25. The minimum atomic E-state index is -1.29. The number of carbonyl (C=O) groups is 2. The van der Waals surface area contributed by atoms with Gasteiger partial charge in [-0.3, -0.25) is 9.89 Å². The van der Waals surface area contributed by atoms with Gasteiger partial charge in [-0.25, -0.2) is 9.59 Å². The molecule has 7 heteroatoms. The molecule has 0 radical (unpaired) electrons. The third-order valence-electron chi connectivity index (χ3n) is 4.33. The molecule has 4 unspecified atom stereocenters. The first-order valence-corrected chi connectivity index (χ1v) is 7.48. The molecule has 122 valence electrons. The van der Waals surface area contributed by atoms with Gasteiger partial charge in [0.15, 0.2) is 0 Å². The van der Waals surface area contributed by atoms with Crippen LogP contribution in [0.2, 0.25) is 0 Å². The van der Waals surface area contributed by atoms with Crippen LogP contribution >= 0.6 is 0 Å². The van der Waals surface area contributed by atoms with Crippen LogP contribution in [-0.4, -0.2) is 70.6 Å². The summed E-state index contributed by atoms with van der Waals surface area (Å²) in [6, 6.07) is 0.0225. The Balaban J connectivity index is 1.95. The summed E-state index contributed by atoms with van der Waals surface area (Å²) < 4.78 is 5.98. The van der Waals surface area contributed by atoms with E-state index in [1.54, 1.807) is 0 Å². The summed E-state index contributed by atoms with van der Waals surface area (Å²) in [7, 11) is 0. The number of rotatable bonds is 3. The average Bonchev–Trinajstić information content (AvgIpc) is 2.69. The van der Waals surface area contributed by atoms with Crippen LogP contribution in [0.15, 0.2) is 40.9 Å². The fourth-order valence-electron chi connectivity index (χ4n) is 3.30. The molecule has 1 fully saturated rings. The first-order valence-electron chi connectivity index (χ1n) is 7.48. The molecule has 2 heterocycles. The molecular weight excluding hydrogens is 300 g/mol. The van der Waals surface area contributed by atoms with Crippen molar-refractivity contribution in [1.29, 1.82) is 0 Å². The molecule has 4 atom stereocenters. The number of allylic oxidation sites excluding steroid dienone is 2. The number of carboxylic acids is 2. The Hall–Kier alpha value is -2.25. The fourth-order valence-corrected chi connectivity index (χ4v) is 3.30. The lowest BCUT2D eigenvalue weighted by Crippen LogP contribution is -2.50. The molecule has 0 aromatic heterocycles. The Kier molecular flexibility index (Phi) is 4.40. The van der Waals surface area contributed by atoms with Crippen molar-refractivity contribution in [2.24, 2.45) is 4.99 Å². The third-order valence-corrected chi connectivity index (χ3v) is 4.33. The summed E-state index contributed by atoms with van der Waals surface area (Å²) in [5.41, 5.74) is -0.226. The molecule has 3 rings (SSSR count). The van der Waals surface area contributed by atoms with Gasteiger partial charge in [-0.1, -0.05) is 24.3 Å². The van der Waals surface area contributed by atoms with Crippen LogP contribution in [0.5, 0.6) is 0 Å². The summed E-state index contributed by atoms with van der Waals surface area (Å²) in [5.74, 6) is -2.55. The van der Waals surface area contributed by atoms with Crippen molar-refractivity contribution in [3.63, 3.8) is 0 Å². The van der Waals surface area contributed by atoms with Crippen molar-refractivity contribution < 1.29 is 24.5 Å². The molecular formula is C16H18N2O5. The molecule has 0 amide bonds. The van der Waals surface area contributed by atoms with Gasteiger partial charge in [-0.15, -0.1) is 0 Å². The van der Waals surface area contributed by atoms with Gasteiger partial charge in [0.05, 0.1) is 30.4 Å². The van der Waals surface area contributed by atoms with Crippen molar-refractivity contribution in [2.75, 3.05) is 13.1 Å². The van der Waals surface area contributed by atoms with Crippen LogP contribution in [0.4, 0.5) is 0 Å². The molecule has 0 spiro atoms. The monoisotopic (exact) mass is 318 g/mol. The van der Waals surface area contributed by atoms with E-state index in [-0.39, 0.29) is 23.8 Å². The molecule has 23 heavy (non-hydrogen) atoms. The SMILES string of the molecule is O=C(O)/C=C(\C(=O)O)C1CC2CN=CCN2C2C=CC=CC2O1. The fraction of sp³-hybridized carbons (Fsp3) is 0.438. The maximum atomic E-state index is 11.5. The minimum Gasteiger partial charge on any atom is -0.478 e. The van der Waals surface area contributed by atoms with Crippen molar-refractivity contribution in [3.8, 4) is 0 Å². The molecule has 0 aromatic carbocycles. The van der Waals surface area contributed by atoms with Gasteiger partial charge in [-0.2, -0.15) is 0 Å². The Bertz CT molecular complexity index is 622. The lowest BCUT2D eigenvalue weighted by atomic mass is 9.98. The zero-order valence-corrected chi connectivity index (χ0v) is 12.4. The summed E-state index contributed by atoms with van der Waals surface area (Å²) >= 11 is 0. The van der Waals surface area contributed by atoms with Crippen molar-refractivity contribution >= 4 is 18.2 Å². The maximum absolute atomic E-state index is 11.5. The number of nitrogens with zero attached hydrogens (tertiary/aromatic N) is 2. The second-order valence-corrected chi connectivity index (χ2v) is 5.73. The van der Waals surface area contributed by atoms with Crippen LogP contribution in [0, 0.1) is 0 Å². The first kappa shape index (κ1) is 15.6. The predicted molar refractivity (Wildman–Crippen MR) is 82.6 cm³/mol.